The Balaban J connectivity index is 0.00000196. The van der Waals surface area contributed by atoms with Gasteiger partial charge >= 0.3 is 5.97 Å². The van der Waals surface area contributed by atoms with Gasteiger partial charge in [0.1, 0.15) is 12.1 Å². The second-order valence-corrected chi connectivity index (χ2v) is 4.47. The molecule has 0 aromatic rings. The number of carbonyl (C=O) groups excluding carboxylic acids is 1. The first-order chi connectivity index (χ1) is 6.61. The number of hydrogen-bond acceptors (Lipinski definition) is 3. The van der Waals surface area contributed by atoms with Crippen molar-refractivity contribution in [3.8, 4) is 0 Å². The van der Waals surface area contributed by atoms with Gasteiger partial charge in [-0.15, -0.1) is 12.4 Å². The third-order valence-corrected chi connectivity index (χ3v) is 2.83. The second kappa shape index (κ2) is 7.07. The first-order valence-electron chi connectivity index (χ1n) is 5.57. The molecule has 0 unspecified atom stereocenters. The Labute approximate surface area is 98.2 Å². The van der Waals surface area contributed by atoms with E-state index in [1.807, 2.05) is 13.8 Å². The molecule has 4 heteroatoms. The Hall–Kier alpha value is -0.280. The van der Waals surface area contributed by atoms with Crippen molar-refractivity contribution in [1.82, 2.24) is 0 Å². The normalized spacial score (nSPS) is 19.5. The molecule has 1 aliphatic rings. The van der Waals surface area contributed by atoms with Crippen LogP contribution in [0.3, 0.4) is 0 Å². The smallest absolute Gasteiger partial charge is 0.323 e. The van der Waals surface area contributed by atoms with Crippen molar-refractivity contribution in [2.45, 2.75) is 58.1 Å². The highest BCUT2D eigenvalue weighted by atomic mass is 35.5. The lowest BCUT2D eigenvalue weighted by Gasteiger charge is -2.24. The third-order valence-electron chi connectivity index (χ3n) is 2.83. The summed E-state index contributed by atoms with van der Waals surface area (Å²) in [6, 6.07) is -0.461. The van der Waals surface area contributed by atoms with E-state index in [1.165, 1.54) is 19.3 Å². The van der Waals surface area contributed by atoms with Crippen molar-refractivity contribution in [3.63, 3.8) is 0 Å². The summed E-state index contributed by atoms with van der Waals surface area (Å²) < 4.78 is 5.35. The van der Waals surface area contributed by atoms with E-state index in [0.717, 1.165) is 12.8 Å². The molecule has 0 saturated heterocycles. The minimum absolute atomic E-state index is 0. The summed E-state index contributed by atoms with van der Waals surface area (Å²) in [7, 11) is 0. The average molecular weight is 236 g/mol. The summed E-state index contributed by atoms with van der Waals surface area (Å²) in [6.45, 7) is 3.87. The summed E-state index contributed by atoms with van der Waals surface area (Å²) in [4.78, 5) is 11.5. The van der Waals surface area contributed by atoms with E-state index in [-0.39, 0.29) is 30.4 Å². The molecule has 1 atom stereocenters. The average Bonchev–Trinajstić information content (AvgIpc) is 2.18. The molecule has 0 amide bonds. The van der Waals surface area contributed by atoms with Gasteiger partial charge in [0.2, 0.25) is 0 Å². The van der Waals surface area contributed by atoms with Crippen molar-refractivity contribution < 1.29 is 9.53 Å². The molecule has 1 saturated carbocycles. The van der Waals surface area contributed by atoms with Crippen LogP contribution in [-0.4, -0.2) is 18.1 Å². The molecule has 0 heterocycles. The fraction of sp³-hybridized carbons (Fsp3) is 0.909. The zero-order chi connectivity index (χ0) is 10.6. The predicted octanol–water partition coefficient (Wildman–Crippen LogP) is 2.27. The quantitative estimate of drug-likeness (QED) is 0.764. The van der Waals surface area contributed by atoms with Crippen molar-refractivity contribution in [3.05, 3.63) is 0 Å². The summed E-state index contributed by atoms with van der Waals surface area (Å²) in [5, 5.41) is 0. The van der Waals surface area contributed by atoms with E-state index in [4.69, 9.17) is 10.5 Å². The van der Waals surface area contributed by atoms with Gasteiger partial charge in [0.15, 0.2) is 0 Å². The van der Waals surface area contributed by atoms with Gasteiger partial charge in [-0.1, -0.05) is 20.3 Å². The number of nitrogens with two attached hydrogens (primary N) is 1. The molecule has 1 fully saturated rings. The van der Waals surface area contributed by atoms with Crippen LogP contribution in [0.2, 0.25) is 0 Å². The molecule has 15 heavy (non-hydrogen) atoms. The topological polar surface area (TPSA) is 52.3 Å². The molecule has 0 aliphatic heterocycles. The Bertz CT molecular complexity index is 191. The van der Waals surface area contributed by atoms with Crippen LogP contribution >= 0.6 is 12.4 Å². The zero-order valence-corrected chi connectivity index (χ0v) is 10.4. The maximum absolute atomic E-state index is 11.5. The highest BCUT2D eigenvalue weighted by Crippen LogP contribution is 2.20. The lowest BCUT2D eigenvalue weighted by molar-refractivity contribution is -0.153. The summed E-state index contributed by atoms with van der Waals surface area (Å²) >= 11 is 0. The lowest BCUT2D eigenvalue weighted by atomic mass is 9.97. The highest BCUT2D eigenvalue weighted by Gasteiger charge is 2.23. The van der Waals surface area contributed by atoms with Crippen LogP contribution in [0.1, 0.15) is 46.0 Å². The van der Waals surface area contributed by atoms with E-state index in [9.17, 15) is 4.79 Å². The molecule has 0 bridgehead atoms. The van der Waals surface area contributed by atoms with Crippen molar-refractivity contribution in [2.24, 2.45) is 11.7 Å². The van der Waals surface area contributed by atoms with Crippen molar-refractivity contribution >= 4 is 18.4 Å². The van der Waals surface area contributed by atoms with Gasteiger partial charge < -0.3 is 10.5 Å². The highest BCUT2D eigenvalue weighted by molar-refractivity contribution is 5.85. The molecule has 3 nitrogen and oxygen atoms in total. The van der Waals surface area contributed by atoms with Gasteiger partial charge in [-0.3, -0.25) is 4.79 Å². The van der Waals surface area contributed by atoms with Crippen LogP contribution < -0.4 is 5.73 Å². The van der Waals surface area contributed by atoms with E-state index in [2.05, 4.69) is 0 Å². The molecule has 0 aromatic heterocycles. The van der Waals surface area contributed by atoms with Gasteiger partial charge in [0, 0.05) is 0 Å². The predicted molar refractivity (Wildman–Crippen MR) is 63.0 cm³/mol. The van der Waals surface area contributed by atoms with Crippen LogP contribution in [-0.2, 0) is 9.53 Å². The minimum atomic E-state index is -0.461. The molecule has 1 aliphatic carbocycles. The van der Waals surface area contributed by atoms with Gasteiger partial charge in [0.05, 0.1) is 0 Å². The van der Waals surface area contributed by atoms with Gasteiger partial charge in [-0.25, -0.2) is 0 Å². The Morgan fingerprint density at radius 3 is 2.27 bits per heavy atom. The number of ether oxygens (including phenoxy) is 1. The molecule has 2 N–H and O–H groups in total. The molecular formula is C11H22ClNO2. The maximum atomic E-state index is 11.5. The Morgan fingerprint density at radius 2 is 1.80 bits per heavy atom. The first kappa shape index (κ1) is 14.7. The Morgan fingerprint density at radius 1 is 1.27 bits per heavy atom. The SMILES string of the molecule is CC(C)[C@H](N)C(=O)OC1CCCCC1.Cl. The van der Waals surface area contributed by atoms with Crippen LogP contribution in [0, 0.1) is 5.92 Å². The zero-order valence-electron chi connectivity index (χ0n) is 9.57. The first-order valence-corrected chi connectivity index (χ1v) is 5.57. The summed E-state index contributed by atoms with van der Waals surface area (Å²) in [6.07, 6.45) is 5.77. The van der Waals surface area contributed by atoms with Crippen LogP contribution in [0.5, 0.6) is 0 Å². The standard InChI is InChI=1S/C11H21NO2.ClH/c1-8(2)10(12)11(13)14-9-6-4-3-5-7-9;/h8-10H,3-7,12H2,1-2H3;1H/t10-;/m0./s1. The fourth-order valence-electron chi connectivity index (χ4n) is 1.70. The monoisotopic (exact) mass is 235 g/mol. The molecule has 0 aromatic carbocycles. The number of esters is 1. The number of halogens is 1. The third kappa shape index (κ3) is 4.85. The number of hydrogen-bond donors (Lipinski definition) is 1. The summed E-state index contributed by atoms with van der Waals surface area (Å²) in [5.74, 6) is -0.0713. The molecular weight excluding hydrogens is 214 g/mol. The molecule has 1 rings (SSSR count). The Kier molecular flexibility index (Phi) is 6.94. The van der Waals surface area contributed by atoms with Gasteiger partial charge in [-0.2, -0.15) is 0 Å². The van der Waals surface area contributed by atoms with E-state index in [1.54, 1.807) is 0 Å². The molecule has 0 spiro atoms. The number of rotatable bonds is 3. The van der Waals surface area contributed by atoms with Crippen LogP contribution in [0.25, 0.3) is 0 Å². The van der Waals surface area contributed by atoms with Crippen molar-refractivity contribution in [1.29, 1.82) is 0 Å². The van der Waals surface area contributed by atoms with E-state index >= 15 is 0 Å². The maximum Gasteiger partial charge on any atom is 0.323 e. The lowest BCUT2D eigenvalue weighted by Crippen LogP contribution is -2.39. The largest absolute Gasteiger partial charge is 0.461 e. The van der Waals surface area contributed by atoms with Gasteiger partial charge in [-0.05, 0) is 31.6 Å². The fourth-order valence-corrected chi connectivity index (χ4v) is 1.70. The number of carbonyl (C=O) groups is 1. The molecule has 0 radical (unpaired) electrons. The van der Waals surface area contributed by atoms with E-state index in [0.29, 0.717) is 0 Å². The van der Waals surface area contributed by atoms with Crippen molar-refractivity contribution in [2.75, 3.05) is 0 Å². The minimum Gasteiger partial charge on any atom is -0.461 e. The van der Waals surface area contributed by atoms with Crippen LogP contribution in [0.15, 0.2) is 0 Å². The van der Waals surface area contributed by atoms with Gasteiger partial charge in [0.25, 0.3) is 0 Å². The van der Waals surface area contributed by atoms with E-state index < -0.39 is 6.04 Å². The second-order valence-electron chi connectivity index (χ2n) is 4.47. The summed E-state index contributed by atoms with van der Waals surface area (Å²) in [5.41, 5.74) is 5.70. The molecule has 90 valence electrons. The van der Waals surface area contributed by atoms with Crippen LogP contribution in [0.4, 0.5) is 0 Å².